The summed E-state index contributed by atoms with van der Waals surface area (Å²) < 4.78 is 2.09. The van der Waals surface area contributed by atoms with Crippen LogP contribution in [0.25, 0.3) is 38.8 Å². The summed E-state index contributed by atoms with van der Waals surface area (Å²) >= 11 is 0. The van der Waals surface area contributed by atoms with E-state index < -0.39 is 0 Å². The number of hydrogen-bond donors (Lipinski definition) is 0. The van der Waals surface area contributed by atoms with Gasteiger partial charge in [0.05, 0.1) is 16.7 Å². The van der Waals surface area contributed by atoms with E-state index in [1.54, 1.807) is 7.05 Å². The summed E-state index contributed by atoms with van der Waals surface area (Å²) in [6.07, 6.45) is 2.03. The van der Waals surface area contributed by atoms with Crippen molar-refractivity contribution in [2.75, 3.05) is 7.05 Å². The van der Waals surface area contributed by atoms with Crippen LogP contribution in [0.2, 0.25) is 0 Å². The van der Waals surface area contributed by atoms with Crippen LogP contribution in [-0.2, 0) is 0 Å². The van der Waals surface area contributed by atoms with E-state index in [-0.39, 0.29) is 0 Å². The maximum atomic E-state index is 5.00. The Kier molecular flexibility index (Phi) is 3.72. The number of aromatic nitrogens is 3. The molecule has 5 heteroatoms. The van der Waals surface area contributed by atoms with Crippen LogP contribution in [0.15, 0.2) is 82.9 Å². The minimum absolute atomic E-state index is 0.608. The van der Waals surface area contributed by atoms with Crippen molar-refractivity contribution in [3.8, 4) is 11.3 Å². The van der Waals surface area contributed by atoms with Gasteiger partial charge in [-0.25, -0.2) is 15.0 Å². The number of nitrogens with zero attached hydrogens (tertiary/aromatic N) is 5. The fourth-order valence-corrected chi connectivity index (χ4v) is 3.65. The maximum absolute atomic E-state index is 5.00. The van der Waals surface area contributed by atoms with Crippen molar-refractivity contribution in [1.82, 2.24) is 14.4 Å². The molecule has 28 heavy (non-hydrogen) atoms. The molecule has 0 radical (unpaired) electrons. The van der Waals surface area contributed by atoms with Gasteiger partial charge in [0.25, 0.3) is 0 Å². The average Bonchev–Trinajstić information content (AvgIpc) is 3.14. The summed E-state index contributed by atoms with van der Waals surface area (Å²) in [6, 6.07) is 22.2. The summed E-state index contributed by atoms with van der Waals surface area (Å²) in [5, 5.41) is 1.05. The molecule has 0 N–H and O–H groups in total. The SMILES string of the molecule is C=NC(=NC)c1cccc(-c2nc3ccccc3c3nc4ccccn4c23)c1. The Balaban J connectivity index is 1.91. The number of rotatable bonds is 2. The molecule has 5 aromatic rings. The predicted molar refractivity (Wildman–Crippen MR) is 115 cm³/mol. The summed E-state index contributed by atoms with van der Waals surface area (Å²) in [4.78, 5) is 18.1. The number of para-hydroxylation sites is 1. The smallest absolute Gasteiger partial charge is 0.153 e. The van der Waals surface area contributed by atoms with Crippen LogP contribution in [-0.4, -0.2) is 34.0 Å². The van der Waals surface area contributed by atoms with Crippen LogP contribution in [0.3, 0.4) is 0 Å². The predicted octanol–water partition coefficient (Wildman–Crippen LogP) is 4.78. The van der Waals surface area contributed by atoms with Crippen molar-refractivity contribution in [2.45, 2.75) is 0 Å². The number of benzene rings is 2. The Bertz CT molecular complexity index is 1390. The van der Waals surface area contributed by atoms with Gasteiger partial charge in [0.1, 0.15) is 11.2 Å². The third-order valence-electron chi connectivity index (χ3n) is 4.90. The van der Waals surface area contributed by atoms with Crippen molar-refractivity contribution in [2.24, 2.45) is 9.98 Å². The number of imidazole rings is 1. The van der Waals surface area contributed by atoms with Crippen LogP contribution in [0.5, 0.6) is 0 Å². The molecule has 0 spiro atoms. The molecule has 0 bridgehead atoms. The van der Waals surface area contributed by atoms with Gasteiger partial charge in [0, 0.05) is 29.8 Å². The maximum Gasteiger partial charge on any atom is 0.153 e. The first-order chi connectivity index (χ1) is 13.8. The monoisotopic (exact) mass is 363 g/mol. The lowest BCUT2D eigenvalue weighted by atomic mass is 10.0. The second-order valence-electron chi connectivity index (χ2n) is 6.50. The lowest BCUT2D eigenvalue weighted by molar-refractivity contribution is 1.22. The molecule has 134 valence electrons. The highest BCUT2D eigenvalue weighted by Gasteiger charge is 2.16. The minimum Gasteiger partial charge on any atom is -0.298 e. The topological polar surface area (TPSA) is 54.9 Å². The number of hydrogen-bond acceptors (Lipinski definition) is 3. The number of amidine groups is 1. The fourth-order valence-electron chi connectivity index (χ4n) is 3.65. The van der Waals surface area contributed by atoms with Crippen molar-refractivity contribution < 1.29 is 0 Å². The Morgan fingerprint density at radius 1 is 0.964 bits per heavy atom. The van der Waals surface area contributed by atoms with Gasteiger partial charge in [-0.1, -0.05) is 42.5 Å². The molecule has 0 aliphatic carbocycles. The van der Waals surface area contributed by atoms with E-state index in [0.29, 0.717) is 5.84 Å². The molecule has 2 aromatic carbocycles. The number of aliphatic imine (C=N–C) groups is 2. The molecule has 3 heterocycles. The normalized spacial score (nSPS) is 12.1. The standard InChI is InChI=1S/C23H17N5/c1-24-23(25-2)16-9-7-8-15(14-16)20-22-21(17-10-3-4-11-18(17)26-20)27-19-12-5-6-13-28(19)22/h3-14H,1H2,2H3. The van der Waals surface area contributed by atoms with Crippen molar-refractivity contribution in [3.63, 3.8) is 0 Å². The molecule has 3 aromatic heterocycles. The molecule has 5 nitrogen and oxygen atoms in total. The second-order valence-corrected chi connectivity index (χ2v) is 6.50. The summed E-state index contributed by atoms with van der Waals surface area (Å²) in [7, 11) is 1.72. The van der Waals surface area contributed by atoms with E-state index in [1.165, 1.54) is 0 Å². The first kappa shape index (κ1) is 16.3. The third kappa shape index (κ3) is 2.41. The van der Waals surface area contributed by atoms with Gasteiger partial charge in [0.15, 0.2) is 5.84 Å². The highest BCUT2D eigenvalue weighted by molar-refractivity contribution is 6.09. The quantitative estimate of drug-likeness (QED) is 0.335. The zero-order valence-corrected chi connectivity index (χ0v) is 15.4. The van der Waals surface area contributed by atoms with Crippen LogP contribution in [0, 0.1) is 0 Å². The van der Waals surface area contributed by atoms with Crippen LogP contribution in [0.1, 0.15) is 5.56 Å². The van der Waals surface area contributed by atoms with Gasteiger partial charge < -0.3 is 0 Å². The van der Waals surface area contributed by atoms with Crippen molar-refractivity contribution in [1.29, 1.82) is 0 Å². The van der Waals surface area contributed by atoms with Crippen LogP contribution < -0.4 is 0 Å². The molecule has 0 atom stereocenters. The molecule has 0 amide bonds. The molecule has 0 unspecified atom stereocenters. The molecule has 0 saturated heterocycles. The van der Waals surface area contributed by atoms with E-state index in [0.717, 1.165) is 44.4 Å². The third-order valence-corrected chi connectivity index (χ3v) is 4.90. The van der Waals surface area contributed by atoms with Gasteiger partial charge in [-0.05, 0) is 31.0 Å². The van der Waals surface area contributed by atoms with Crippen LogP contribution >= 0.6 is 0 Å². The zero-order chi connectivity index (χ0) is 19.1. The Morgan fingerprint density at radius 3 is 2.68 bits per heavy atom. The summed E-state index contributed by atoms with van der Waals surface area (Å²) in [6.45, 7) is 3.62. The van der Waals surface area contributed by atoms with E-state index in [1.807, 2.05) is 54.7 Å². The molecule has 0 saturated carbocycles. The first-order valence-corrected chi connectivity index (χ1v) is 9.00. The Morgan fingerprint density at radius 2 is 1.82 bits per heavy atom. The van der Waals surface area contributed by atoms with Gasteiger partial charge >= 0.3 is 0 Å². The lowest BCUT2D eigenvalue weighted by Gasteiger charge is -2.09. The summed E-state index contributed by atoms with van der Waals surface area (Å²) in [5.41, 5.74) is 6.54. The minimum atomic E-state index is 0.608. The number of pyridine rings is 2. The van der Waals surface area contributed by atoms with E-state index in [4.69, 9.17) is 9.97 Å². The molecule has 0 fully saturated rings. The highest BCUT2D eigenvalue weighted by atomic mass is 15.0. The molecular weight excluding hydrogens is 346 g/mol. The lowest BCUT2D eigenvalue weighted by Crippen LogP contribution is -1.98. The zero-order valence-electron chi connectivity index (χ0n) is 15.4. The van der Waals surface area contributed by atoms with Gasteiger partial charge in [-0.15, -0.1) is 0 Å². The highest BCUT2D eigenvalue weighted by Crippen LogP contribution is 2.33. The van der Waals surface area contributed by atoms with E-state index in [2.05, 4.69) is 39.3 Å². The van der Waals surface area contributed by atoms with Gasteiger partial charge in [-0.3, -0.25) is 9.39 Å². The van der Waals surface area contributed by atoms with Crippen molar-refractivity contribution in [3.05, 3.63) is 78.5 Å². The molecule has 5 rings (SSSR count). The van der Waals surface area contributed by atoms with Crippen LogP contribution in [0.4, 0.5) is 0 Å². The fraction of sp³-hybridized carbons (Fsp3) is 0.0435. The molecule has 0 aliphatic rings. The Labute approximate surface area is 161 Å². The first-order valence-electron chi connectivity index (χ1n) is 9.00. The van der Waals surface area contributed by atoms with Gasteiger partial charge in [0.2, 0.25) is 0 Å². The summed E-state index contributed by atoms with van der Waals surface area (Å²) in [5.74, 6) is 0.608. The van der Waals surface area contributed by atoms with E-state index in [9.17, 15) is 0 Å². The van der Waals surface area contributed by atoms with Crippen molar-refractivity contribution >= 4 is 40.1 Å². The Hall–Kier alpha value is -3.86. The van der Waals surface area contributed by atoms with E-state index >= 15 is 0 Å². The number of fused-ring (bicyclic) bond motifs is 5. The largest absolute Gasteiger partial charge is 0.298 e. The molecule has 0 aliphatic heterocycles. The van der Waals surface area contributed by atoms with Gasteiger partial charge in [-0.2, -0.15) is 0 Å². The molecular formula is C23H17N5. The second kappa shape index (κ2) is 6.39. The average molecular weight is 363 g/mol.